The molecule has 0 bridgehead atoms. The van der Waals surface area contributed by atoms with Crippen molar-refractivity contribution in [1.29, 1.82) is 0 Å². The first-order valence-corrected chi connectivity index (χ1v) is 4.33. The van der Waals surface area contributed by atoms with Gasteiger partial charge in [0, 0.05) is 22.8 Å². The standard InChI is InChI=1S/C11H7ClN/c12-10-5-3-4-9(8-10)11-6-1-2-7-13-11/h1-5,7-8H. The SMILES string of the molecule is Clc1cccc(-c2[c]cccn2)c1. The molecule has 0 fully saturated rings. The van der Waals surface area contributed by atoms with E-state index in [0.717, 1.165) is 16.3 Å². The molecule has 0 unspecified atom stereocenters. The molecule has 1 nitrogen and oxygen atoms in total. The highest BCUT2D eigenvalue weighted by atomic mass is 35.5. The maximum absolute atomic E-state index is 5.85. The quantitative estimate of drug-likeness (QED) is 0.670. The van der Waals surface area contributed by atoms with Gasteiger partial charge in [-0.3, -0.25) is 4.98 Å². The Kier molecular flexibility index (Phi) is 2.28. The lowest BCUT2D eigenvalue weighted by Crippen LogP contribution is -1.81. The maximum Gasteiger partial charge on any atom is 0.0781 e. The smallest absolute Gasteiger partial charge is 0.0781 e. The van der Waals surface area contributed by atoms with E-state index in [1.807, 2.05) is 36.4 Å². The van der Waals surface area contributed by atoms with Crippen LogP contribution in [0.15, 0.2) is 42.6 Å². The van der Waals surface area contributed by atoms with Crippen LogP contribution in [0.25, 0.3) is 11.3 Å². The molecular weight excluding hydrogens is 182 g/mol. The Hall–Kier alpha value is -1.34. The molecule has 0 saturated carbocycles. The van der Waals surface area contributed by atoms with Crippen molar-refractivity contribution in [2.24, 2.45) is 0 Å². The first kappa shape index (κ1) is 8.27. The largest absolute Gasteiger partial charge is 0.256 e. The van der Waals surface area contributed by atoms with Gasteiger partial charge in [-0.1, -0.05) is 29.8 Å². The summed E-state index contributed by atoms with van der Waals surface area (Å²) in [6.07, 6.45) is 1.74. The zero-order chi connectivity index (χ0) is 9.10. The minimum absolute atomic E-state index is 0.719. The fourth-order valence-electron chi connectivity index (χ4n) is 1.12. The van der Waals surface area contributed by atoms with Gasteiger partial charge in [0.2, 0.25) is 0 Å². The zero-order valence-electron chi connectivity index (χ0n) is 6.87. The predicted molar refractivity (Wildman–Crippen MR) is 53.5 cm³/mol. The molecule has 0 aliphatic rings. The van der Waals surface area contributed by atoms with Crippen molar-refractivity contribution in [3.63, 3.8) is 0 Å². The van der Waals surface area contributed by atoms with E-state index in [-0.39, 0.29) is 0 Å². The van der Waals surface area contributed by atoms with Gasteiger partial charge in [0.05, 0.1) is 5.69 Å². The van der Waals surface area contributed by atoms with Crippen molar-refractivity contribution < 1.29 is 0 Å². The summed E-state index contributed by atoms with van der Waals surface area (Å²) in [5.74, 6) is 0. The van der Waals surface area contributed by atoms with E-state index in [2.05, 4.69) is 11.1 Å². The van der Waals surface area contributed by atoms with Crippen LogP contribution in [0.5, 0.6) is 0 Å². The van der Waals surface area contributed by atoms with Crippen LogP contribution in [0.2, 0.25) is 5.02 Å². The highest BCUT2D eigenvalue weighted by Gasteiger charge is 1.97. The summed E-state index contributed by atoms with van der Waals surface area (Å²) < 4.78 is 0. The predicted octanol–water partition coefficient (Wildman–Crippen LogP) is 3.20. The lowest BCUT2D eigenvalue weighted by atomic mass is 10.1. The van der Waals surface area contributed by atoms with Gasteiger partial charge in [0.1, 0.15) is 0 Å². The molecule has 0 saturated heterocycles. The van der Waals surface area contributed by atoms with Crippen LogP contribution in [-0.4, -0.2) is 4.98 Å². The second-order valence-electron chi connectivity index (χ2n) is 2.64. The van der Waals surface area contributed by atoms with Crippen LogP contribution < -0.4 is 0 Å². The maximum atomic E-state index is 5.85. The number of hydrogen-bond donors (Lipinski definition) is 0. The number of nitrogens with zero attached hydrogens (tertiary/aromatic N) is 1. The van der Waals surface area contributed by atoms with E-state index in [0.29, 0.717) is 0 Å². The molecule has 0 aliphatic carbocycles. The summed E-state index contributed by atoms with van der Waals surface area (Å²) in [4.78, 5) is 4.18. The number of benzene rings is 1. The Morgan fingerprint density at radius 1 is 1.23 bits per heavy atom. The van der Waals surface area contributed by atoms with E-state index in [1.165, 1.54) is 0 Å². The van der Waals surface area contributed by atoms with E-state index < -0.39 is 0 Å². The summed E-state index contributed by atoms with van der Waals surface area (Å²) in [6.45, 7) is 0. The molecule has 1 radical (unpaired) electrons. The normalized spacial score (nSPS) is 9.92. The van der Waals surface area contributed by atoms with Crippen molar-refractivity contribution in [2.75, 3.05) is 0 Å². The first-order chi connectivity index (χ1) is 6.36. The van der Waals surface area contributed by atoms with Crippen LogP contribution in [-0.2, 0) is 0 Å². The van der Waals surface area contributed by atoms with Gasteiger partial charge in [-0.05, 0) is 18.2 Å². The third-order valence-electron chi connectivity index (χ3n) is 1.70. The summed E-state index contributed by atoms with van der Waals surface area (Å²) in [5.41, 5.74) is 1.82. The van der Waals surface area contributed by atoms with Gasteiger partial charge >= 0.3 is 0 Å². The summed E-state index contributed by atoms with van der Waals surface area (Å²) in [6, 6.07) is 14.3. The minimum Gasteiger partial charge on any atom is -0.256 e. The first-order valence-electron chi connectivity index (χ1n) is 3.95. The lowest BCUT2D eigenvalue weighted by Gasteiger charge is -1.98. The van der Waals surface area contributed by atoms with Crippen molar-refractivity contribution in [3.8, 4) is 11.3 Å². The molecule has 2 aromatic rings. The molecular formula is C11H7ClN. The Labute approximate surface area is 82.0 Å². The van der Waals surface area contributed by atoms with Gasteiger partial charge in [0.25, 0.3) is 0 Å². The van der Waals surface area contributed by atoms with Gasteiger partial charge in [-0.25, -0.2) is 0 Å². The third-order valence-corrected chi connectivity index (χ3v) is 1.94. The average molecular weight is 189 g/mol. The van der Waals surface area contributed by atoms with Gasteiger partial charge in [-0.2, -0.15) is 0 Å². The van der Waals surface area contributed by atoms with E-state index >= 15 is 0 Å². The van der Waals surface area contributed by atoms with Gasteiger partial charge in [0.15, 0.2) is 0 Å². The average Bonchev–Trinajstić information content (AvgIpc) is 2.19. The topological polar surface area (TPSA) is 12.9 Å². The number of aromatic nitrogens is 1. The second-order valence-corrected chi connectivity index (χ2v) is 3.08. The molecule has 1 heterocycles. The molecule has 0 aliphatic heterocycles. The molecule has 1 aromatic heterocycles. The van der Waals surface area contributed by atoms with E-state index in [1.54, 1.807) is 6.20 Å². The van der Waals surface area contributed by atoms with Crippen LogP contribution in [0.4, 0.5) is 0 Å². The third kappa shape index (κ3) is 1.87. The van der Waals surface area contributed by atoms with Crippen molar-refractivity contribution in [3.05, 3.63) is 53.7 Å². The van der Waals surface area contributed by atoms with Crippen LogP contribution in [0, 0.1) is 6.07 Å². The summed E-state index contributed by atoms with van der Waals surface area (Å²) in [7, 11) is 0. The molecule has 2 heteroatoms. The number of halogens is 1. The molecule has 13 heavy (non-hydrogen) atoms. The van der Waals surface area contributed by atoms with Crippen molar-refractivity contribution >= 4 is 11.6 Å². The summed E-state index contributed by atoms with van der Waals surface area (Å²) >= 11 is 5.85. The highest BCUT2D eigenvalue weighted by molar-refractivity contribution is 6.30. The second kappa shape index (κ2) is 3.58. The minimum atomic E-state index is 0.719. The molecule has 1 aromatic carbocycles. The zero-order valence-corrected chi connectivity index (χ0v) is 7.62. The van der Waals surface area contributed by atoms with Crippen molar-refractivity contribution in [1.82, 2.24) is 4.98 Å². The van der Waals surface area contributed by atoms with Crippen LogP contribution in [0.3, 0.4) is 0 Å². The molecule has 2 rings (SSSR count). The lowest BCUT2D eigenvalue weighted by molar-refractivity contribution is 1.32. The van der Waals surface area contributed by atoms with E-state index in [9.17, 15) is 0 Å². The van der Waals surface area contributed by atoms with Crippen molar-refractivity contribution in [2.45, 2.75) is 0 Å². The molecule has 0 atom stereocenters. The molecule has 0 N–H and O–H groups in total. The Bertz CT molecular complexity index is 398. The molecule has 63 valence electrons. The fraction of sp³-hybridized carbons (Fsp3) is 0. The number of rotatable bonds is 1. The highest BCUT2D eigenvalue weighted by Crippen LogP contribution is 2.19. The van der Waals surface area contributed by atoms with Crippen LogP contribution in [0.1, 0.15) is 0 Å². The number of pyridine rings is 1. The number of hydrogen-bond acceptors (Lipinski definition) is 1. The van der Waals surface area contributed by atoms with Crippen LogP contribution >= 0.6 is 11.6 Å². The monoisotopic (exact) mass is 188 g/mol. The van der Waals surface area contributed by atoms with Gasteiger partial charge < -0.3 is 0 Å². The Balaban J connectivity index is 2.48. The molecule has 0 spiro atoms. The fourth-order valence-corrected chi connectivity index (χ4v) is 1.31. The Morgan fingerprint density at radius 3 is 2.85 bits per heavy atom. The molecule has 0 amide bonds. The van der Waals surface area contributed by atoms with Gasteiger partial charge in [-0.15, -0.1) is 0 Å². The Morgan fingerprint density at radius 2 is 2.15 bits per heavy atom. The summed E-state index contributed by atoms with van der Waals surface area (Å²) in [5, 5.41) is 0.719. The van der Waals surface area contributed by atoms with E-state index in [4.69, 9.17) is 11.6 Å².